The summed E-state index contributed by atoms with van der Waals surface area (Å²) in [6, 6.07) is 0.824. The quantitative estimate of drug-likeness (QED) is 0.672. The molecular weight excluding hydrogens is 174 g/mol. The van der Waals surface area contributed by atoms with E-state index in [9.17, 15) is 0 Å². The summed E-state index contributed by atoms with van der Waals surface area (Å²) >= 11 is 0. The maximum atomic E-state index is 5.33. The van der Waals surface area contributed by atoms with Gasteiger partial charge in [-0.15, -0.1) is 0 Å². The SMILES string of the molecule is COC1CC(N2C[C@H](C)C[C@H](C)C2)C1. The molecule has 0 aromatic rings. The van der Waals surface area contributed by atoms with E-state index in [-0.39, 0.29) is 0 Å². The third-order valence-corrected chi connectivity index (χ3v) is 3.82. The normalized spacial score (nSPS) is 44.8. The van der Waals surface area contributed by atoms with Crippen LogP contribution in [0.2, 0.25) is 0 Å². The van der Waals surface area contributed by atoms with E-state index in [0.717, 1.165) is 17.9 Å². The van der Waals surface area contributed by atoms with Crippen LogP contribution in [0, 0.1) is 11.8 Å². The molecule has 1 heterocycles. The first-order chi connectivity index (χ1) is 6.69. The van der Waals surface area contributed by atoms with E-state index in [2.05, 4.69) is 18.7 Å². The van der Waals surface area contributed by atoms with Crippen LogP contribution in [0.4, 0.5) is 0 Å². The van der Waals surface area contributed by atoms with Crippen LogP contribution in [0.3, 0.4) is 0 Å². The molecule has 1 saturated carbocycles. The van der Waals surface area contributed by atoms with Crippen molar-refractivity contribution >= 4 is 0 Å². The summed E-state index contributed by atoms with van der Waals surface area (Å²) in [6.45, 7) is 7.39. The maximum Gasteiger partial charge on any atom is 0.0601 e. The van der Waals surface area contributed by atoms with E-state index in [0.29, 0.717) is 6.10 Å². The first-order valence-electron chi connectivity index (χ1n) is 5.96. The smallest absolute Gasteiger partial charge is 0.0601 e. The molecule has 2 nitrogen and oxygen atoms in total. The number of nitrogens with zero attached hydrogens (tertiary/aromatic N) is 1. The average molecular weight is 197 g/mol. The second-order valence-electron chi connectivity index (χ2n) is 5.38. The number of likely N-dealkylation sites (tertiary alicyclic amines) is 1. The van der Waals surface area contributed by atoms with Crippen LogP contribution in [0.5, 0.6) is 0 Å². The summed E-state index contributed by atoms with van der Waals surface area (Å²) in [5, 5.41) is 0. The van der Waals surface area contributed by atoms with Crippen molar-refractivity contribution in [2.45, 2.75) is 45.3 Å². The molecule has 2 aliphatic rings. The average Bonchev–Trinajstić information content (AvgIpc) is 2.00. The molecule has 1 aliphatic carbocycles. The van der Waals surface area contributed by atoms with Gasteiger partial charge in [-0.3, -0.25) is 4.90 Å². The van der Waals surface area contributed by atoms with E-state index in [4.69, 9.17) is 4.74 Å². The van der Waals surface area contributed by atoms with Crippen LogP contribution in [-0.2, 0) is 4.74 Å². The fourth-order valence-electron chi connectivity index (χ4n) is 3.04. The molecule has 82 valence electrons. The molecule has 0 amide bonds. The van der Waals surface area contributed by atoms with Gasteiger partial charge in [-0.05, 0) is 31.1 Å². The Balaban J connectivity index is 1.81. The van der Waals surface area contributed by atoms with Gasteiger partial charge in [0, 0.05) is 26.2 Å². The highest BCUT2D eigenvalue weighted by molar-refractivity contribution is 4.90. The second kappa shape index (κ2) is 4.19. The number of methoxy groups -OCH3 is 1. The minimum atomic E-state index is 0.549. The van der Waals surface area contributed by atoms with Crippen LogP contribution in [0.25, 0.3) is 0 Å². The van der Waals surface area contributed by atoms with Crippen LogP contribution >= 0.6 is 0 Å². The van der Waals surface area contributed by atoms with Gasteiger partial charge in [0.25, 0.3) is 0 Å². The number of hydrogen-bond acceptors (Lipinski definition) is 2. The Kier molecular flexibility index (Phi) is 3.13. The molecule has 0 radical (unpaired) electrons. The monoisotopic (exact) mass is 197 g/mol. The first-order valence-corrected chi connectivity index (χ1v) is 5.96. The lowest BCUT2D eigenvalue weighted by Gasteiger charge is -2.46. The van der Waals surface area contributed by atoms with Gasteiger partial charge in [-0.1, -0.05) is 13.8 Å². The van der Waals surface area contributed by atoms with Gasteiger partial charge >= 0.3 is 0 Å². The minimum Gasteiger partial charge on any atom is -0.381 e. The standard InChI is InChI=1S/C12H23NO/c1-9-4-10(2)8-13(7-9)11-5-12(6-11)14-3/h9-12H,4-8H2,1-3H3/t9-,10+,11?,12?. The van der Waals surface area contributed by atoms with E-state index in [1.165, 1.54) is 32.4 Å². The van der Waals surface area contributed by atoms with Crippen molar-refractivity contribution in [2.24, 2.45) is 11.8 Å². The number of piperidine rings is 1. The number of hydrogen-bond donors (Lipinski definition) is 0. The molecule has 1 saturated heterocycles. The molecule has 0 N–H and O–H groups in total. The zero-order valence-electron chi connectivity index (χ0n) is 9.70. The van der Waals surface area contributed by atoms with E-state index in [1.54, 1.807) is 0 Å². The fraction of sp³-hybridized carbons (Fsp3) is 1.00. The molecule has 0 bridgehead atoms. The van der Waals surface area contributed by atoms with Gasteiger partial charge in [-0.2, -0.15) is 0 Å². The molecular formula is C12H23NO. The summed E-state index contributed by atoms with van der Waals surface area (Å²) in [5.41, 5.74) is 0. The molecule has 2 rings (SSSR count). The minimum absolute atomic E-state index is 0.549. The highest BCUT2D eigenvalue weighted by Crippen LogP contribution is 2.32. The topological polar surface area (TPSA) is 12.5 Å². The van der Waals surface area contributed by atoms with E-state index < -0.39 is 0 Å². The van der Waals surface area contributed by atoms with E-state index in [1.807, 2.05) is 7.11 Å². The Labute approximate surface area is 87.6 Å². The Hall–Kier alpha value is -0.0800. The predicted octanol–water partition coefficient (Wildman–Crippen LogP) is 2.14. The molecule has 14 heavy (non-hydrogen) atoms. The zero-order valence-corrected chi connectivity index (χ0v) is 9.70. The molecule has 2 atom stereocenters. The third kappa shape index (κ3) is 2.12. The second-order valence-corrected chi connectivity index (χ2v) is 5.38. The predicted molar refractivity (Wildman–Crippen MR) is 58.3 cm³/mol. The van der Waals surface area contributed by atoms with Crippen molar-refractivity contribution in [3.05, 3.63) is 0 Å². The summed E-state index contributed by atoms with van der Waals surface area (Å²) in [7, 11) is 1.84. The van der Waals surface area contributed by atoms with Gasteiger partial charge in [0.15, 0.2) is 0 Å². The zero-order chi connectivity index (χ0) is 10.1. The number of rotatable bonds is 2. The highest BCUT2D eigenvalue weighted by Gasteiger charge is 2.36. The molecule has 2 fully saturated rings. The lowest BCUT2D eigenvalue weighted by Crippen LogP contribution is -2.52. The largest absolute Gasteiger partial charge is 0.381 e. The molecule has 1 aliphatic heterocycles. The Morgan fingerprint density at radius 3 is 2.07 bits per heavy atom. The van der Waals surface area contributed by atoms with E-state index >= 15 is 0 Å². The number of ether oxygens (including phenoxy) is 1. The van der Waals surface area contributed by atoms with Crippen LogP contribution < -0.4 is 0 Å². The van der Waals surface area contributed by atoms with Crippen LogP contribution in [0.15, 0.2) is 0 Å². The summed E-state index contributed by atoms with van der Waals surface area (Å²) < 4.78 is 5.33. The maximum absolute atomic E-state index is 5.33. The summed E-state index contributed by atoms with van der Waals surface area (Å²) in [6.07, 6.45) is 4.48. The molecule has 0 spiro atoms. The lowest BCUT2D eigenvalue weighted by molar-refractivity contribution is -0.0445. The first kappa shape index (κ1) is 10.4. The van der Waals surface area contributed by atoms with Crippen molar-refractivity contribution < 1.29 is 4.74 Å². The van der Waals surface area contributed by atoms with Gasteiger partial charge in [0.2, 0.25) is 0 Å². The van der Waals surface area contributed by atoms with Crippen LogP contribution in [0.1, 0.15) is 33.1 Å². The summed E-state index contributed by atoms with van der Waals surface area (Å²) in [5.74, 6) is 1.78. The van der Waals surface area contributed by atoms with Crippen molar-refractivity contribution in [1.82, 2.24) is 4.90 Å². The molecule has 0 unspecified atom stereocenters. The fourth-order valence-corrected chi connectivity index (χ4v) is 3.04. The Bertz CT molecular complexity index is 179. The van der Waals surface area contributed by atoms with Crippen LogP contribution in [-0.4, -0.2) is 37.2 Å². The Morgan fingerprint density at radius 1 is 1.00 bits per heavy atom. The van der Waals surface area contributed by atoms with Gasteiger partial charge in [0.05, 0.1) is 6.10 Å². The molecule has 0 aromatic heterocycles. The van der Waals surface area contributed by atoms with Gasteiger partial charge < -0.3 is 4.74 Å². The van der Waals surface area contributed by atoms with Crippen molar-refractivity contribution in [1.29, 1.82) is 0 Å². The summed E-state index contributed by atoms with van der Waals surface area (Å²) in [4.78, 5) is 2.69. The Morgan fingerprint density at radius 2 is 1.57 bits per heavy atom. The van der Waals surface area contributed by atoms with Crippen molar-refractivity contribution in [2.75, 3.05) is 20.2 Å². The van der Waals surface area contributed by atoms with Crippen molar-refractivity contribution in [3.63, 3.8) is 0 Å². The van der Waals surface area contributed by atoms with Gasteiger partial charge in [0.1, 0.15) is 0 Å². The molecule has 2 heteroatoms. The highest BCUT2D eigenvalue weighted by atomic mass is 16.5. The molecule has 0 aromatic carbocycles. The van der Waals surface area contributed by atoms with Crippen molar-refractivity contribution in [3.8, 4) is 0 Å². The third-order valence-electron chi connectivity index (χ3n) is 3.82. The van der Waals surface area contributed by atoms with Gasteiger partial charge in [-0.25, -0.2) is 0 Å². The lowest BCUT2D eigenvalue weighted by atomic mass is 9.83.